The van der Waals surface area contributed by atoms with E-state index in [1.807, 2.05) is 20.3 Å². The van der Waals surface area contributed by atoms with Gasteiger partial charge in [0.2, 0.25) is 0 Å². The van der Waals surface area contributed by atoms with Crippen molar-refractivity contribution in [2.24, 2.45) is 4.99 Å². The molecule has 1 aliphatic heterocycles. The number of fused-ring (bicyclic) bond motifs is 1. The maximum Gasteiger partial charge on any atom is 0.0822 e. The minimum absolute atomic E-state index is 0.728. The van der Waals surface area contributed by atoms with Gasteiger partial charge in [0, 0.05) is 22.8 Å². The molecule has 2 heterocycles. The quantitative estimate of drug-likeness (QED) is 0.803. The number of hydrogen-bond acceptors (Lipinski definition) is 3. The summed E-state index contributed by atoms with van der Waals surface area (Å²) in [4.78, 5) is 10.9. The molecule has 0 saturated heterocycles. The summed E-state index contributed by atoms with van der Waals surface area (Å²) in [6, 6.07) is 2.09. The molecule has 0 fully saturated rings. The molecule has 0 saturated carbocycles. The van der Waals surface area contributed by atoms with Gasteiger partial charge in [-0.25, -0.2) is 0 Å². The summed E-state index contributed by atoms with van der Waals surface area (Å²) in [7, 11) is 4.10. The predicted octanol–water partition coefficient (Wildman–Crippen LogP) is 1.71. The molecule has 74 valence electrons. The zero-order chi connectivity index (χ0) is 10.1. The predicted molar refractivity (Wildman–Crippen MR) is 60.7 cm³/mol. The lowest BCUT2D eigenvalue weighted by Gasteiger charge is -2.10. The van der Waals surface area contributed by atoms with Crippen LogP contribution in [-0.2, 0) is 6.54 Å². The Morgan fingerprint density at radius 3 is 3.00 bits per heavy atom. The second-order valence-corrected chi connectivity index (χ2v) is 4.56. The van der Waals surface area contributed by atoms with Crippen molar-refractivity contribution >= 4 is 21.6 Å². The molecule has 3 nitrogen and oxygen atoms in total. The zero-order valence-corrected chi connectivity index (χ0v) is 9.87. The Bertz CT molecular complexity index is 385. The van der Waals surface area contributed by atoms with E-state index in [1.165, 1.54) is 5.56 Å². The van der Waals surface area contributed by atoms with E-state index in [-0.39, 0.29) is 0 Å². The highest BCUT2D eigenvalue weighted by atomic mass is 79.9. The molecule has 1 aromatic rings. The summed E-state index contributed by atoms with van der Waals surface area (Å²) in [5.41, 5.74) is 3.41. The van der Waals surface area contributed by atoms with Crippen molar-refractivity contribution in [3.05, 3.63) is 28.0 Å². The number of halogens is 1. The Morgan fingerprint density at radius 1 is 1.50 bits per heavy atom. The van der Waals surface area contributed by atoms with Crippen LogP contribution in [0.1, 0.15) is 11.3 Å². The molecule has 0 bridgehead atoms. The molecular weight excluding hydrogens is 242 g/mol. The van der Waals surface area contributed by atoms with Gasteiger partial charge in [-0.1, -0.05) is 0 Å². The fraction of sp³-hybridized carbons (Fsp3) is 0.400. The molecule has 0 radical (unpaired) electrons. The Balaban J connectivity index is 2.31. The lowest BCUT2D eigenvalue weighted by molar-refractivity contribution is 0.470. The van der Waals surface area contributed by atoms with Gasteiger partial charge >= 0.3 is 0 Å². The molecular formula is C10H12BrN3. The third kappa shape index (κ3) is 1.86. The first-order valence-electron chi connectivity index (χ1n) is 4.49. The maximum absolute atomic E-state index is 4.48. The average Bonchev–Trinajstić information content (AvgIpc) is 2.47. The molecule has 2 rings (SSSR count). The standard InChI is InChI=1S/C10H12BrN3/c1-14(2)6-10-8-3-7(11)4-12-9(8)5-13-10/h3-4H,5-6H2,1-2H3. The number of aliphatic imine (C=N–C) groups is 1. The molecule has 0 aromatic carbocycles. The average molecular weight is 254 g/mol. The molecule has 4 heteroatoms. The highest BCUT2D eigenvalue weighted by Crippen LogP contribution is 2.20. The van der Waals surface area contributed by atoms with Crippen molar-refractivity contribution in [1.29, 1.82) is 0 Å². The van der Waals surface area contributed by atoms with Gasteiger partial charge in [0.1, 0.15) is 0 Å². The lowest BCUT2D eigenvalue weighted by Crippen LogP contribution is -2.21. The SMILES string of the molecule is CN(C)CC1=NCc2ncc(Br)cc21. The van der Waals surface area contributed by atoms with Gasteiger partial charge in [-0.05, 0) is 36.1 Å². The van der Waals surface area contributed by atoms with E-state index in [2.05, 4.69) is 36.9 Å². The van der Waals surface area contributed by atoms with Crippen molar-refractivity contribution in [1.82, 2.24) is 9.88 Å². The Hall–Kier alpha value is -0.740. The van der Waals surface area contributed by atoms with Crippen molar-refractivity contribution in [3.8, 4) is 0 Å². The molecule has 14 heavy (non-hydrogen) atoms. The van der Waals surface area contributed by atoms with Gasteiger partial charge in [0.05, 0.1) is 18.0 Å². The Morgan fingerprint density at radius 2 is 2.29 bits per heavy atom. The van der Waals surface area contributed by atoms with Crippen molar-refractivity contribution in [2.75, 3.05) is 20.6 Å². The summed E-state index contributed by atoms with van der Waals surface area (Å²) >= 11 is 3.43. The van der Waals surface area contributed by atoms with E-state index in [1.54, 1.807) is 0 Å². The first-order chi connectivity index (χ1) is 6.66. The van der Waals surface area contributed by atoms with E-state index < -0.39 is 0 Å². The van der Waals surface area contributed by atoms with Crippen LogP contribution in [0.2, 0.25) is 0 Å². The van der Waals surface area contributed by atoms with Gasteiger partial charge < -0.3 is 4.90 Å². The van der Waals surface area contributed by atoms with Crippen LogP contribution in [0.15, 0.2) is 21.7 Å². The maximum atomic E-state index is 4.48. The topological polar surface area (TPSA) is 28.5 Å². The Kier molecular flexibility index (Phi) is 2.65. The fourth-order valence-corrected chi connectivity index (χ4v) is 1.86. The zero-order valence-electron chi connectivity index (χ0n) is 8.29. The molecule has 1 aromatic heterocycles. The summed E-state index contributed by atoms with van der Waals surface area (Å²) in [6.07, 6.45) is 1.83. The second kappa shape index (κ2) is 3.79. The van der Waals surface area contributed by atoms with E-state index >= 15 is 0 Å². The first-order valence-corrected chi connectivity index (χ1v) is 5.29. The van der Waals surface area contributed by atoms with Gasteiger partial charge in [-0.15, -0.1) is 0 Å². The number of pyridine rings is 1. The van der Waals surface area contributed by atoms with Gasteiger partial charge in [-0.3, -0.25) is 9.98 Å². The number of aromatic nitrogens is 1. The molecule has 0 unspecified atom stereocenters. The third-order valence-electron chi connectivity index (χ3n) is 2.13. The number of likely N-dealkylation sites (N-methyl/N-ethyl adjacent to an activating group) is 1. The normalized spacial score (nSPS) is 14.4. The number of hydrogen-bond donors (Lipinski definition) is 0. The second-order valence-electron chi connectivity index (χ2n) is 3.65. The van der Waals surface area contributed by atoms with Crippen LogP contribution in [0.25, 0.3) is 0 Å². The molecule has 0 atom stereocenters. The monoisotopic (exact) mass is 253 g/mol. The summed E-state index contributed by atoms with van der Waals surface area (Å²) in [5.74, 6) is 0. The molecule has 0 spiro atoms. The largest absolute Gasteiger partial charge is 0.304 e. The first kappa shape index (κ1) is 9.80. The smallest absolute Gasteiger partial charge is 0.0822 e. The van der Waals surface area contributed by atoms with Crippen molar-refractivity contribution < 1.29 is 0 Å². The molecule has 0 aliphatic carbocycles. The van der Waals surface area contributed by atoms with Gasteiger partial charge in [0.25, 0.3) is 0 Å². The fourth-order valence-electron chi connectivity index (χ4n) is 1.53. The van der Waals surface area contributed by atoms with Crippen LogP contribution in [0, 0.1) is 0 Å². The third-order valence-corrected chi connectivity index (χ3v) is 2.57. The van der Waals surface area contributed by atoms with Crippen molar-refractivity contribution in [3.63, 3.8) is 0 Å². The van der Waals surface area contributed by atoms with Crippen LogP contribution in [-0.4, -0.2) is 36.2 Å². The Labute approximate surface area is 92.0 Å². The lowest BCUT2D eigenvalue weighted by atomic mass is 10.1. The highest BCUT2D eigenvalue weighted by molar-refractivity contribution is 9.10. The number of nitrogens with zero attached hydrogens (tertiary/aromatic N) is 3. The number of rotatable bonds is 2. The van der Waals surface area contributed by atoms with E-state index in [0.717, 1.165) is 29.0 Å². The molecule has 1 aliphatic rings. The van der Waals surface area contributed by atoms with E-state index in [4.69, 9.17) is 0 Å². The van der Waals surface area contributed by atoms with E-state index in [0.29, 0.717) is 0 Å². The summed E-state index contributed by atoms with van der Waals surface area (Å²) in [6.45, 7) is 1.61. The minimum atomic E-state index is 0.728. The van der Waals surface area contributed by atoms with Crippen LogP contribution in [0.3, 0.4) is 0 Å². The summed E-state index contributed by atoms with van der Waals surface area (Å²) < 4.78 is 1.02. The minimum Gasteiger partial charge on any atom is -0.304 e. The van der Waals surface area contributed by atoms with Crippen molar-refractivity contribution in [2.45, 2.75) is 6.54 Å². The highest BCUT2D eigenvalue weighted by Gasteiger charge is 2.17. The molecule has 0 N–H and O–H groups in total. The van der Waals surface area contributed by atoms with Crippen LogP contribution < -0.4 is 0 Å². The van der Waals surface area contributed by atoms with Gasteiger partial charge in [-0.2, -0.15) is 0 Å². The van der Waals surface area contributed by atoms with Crippen LogP contribution >= 0.6 is 15.9 Å². The van der Waals surface area contributed by atoms with E-state index in [9.17, 15) is 0 Å². The van der Waals surface area contributed by atoms with Crippen LogP contribution in [0.4, 0.5) is 0 Å². The summed E-state index contributed by atoms with van der Waals surface area (Å²) in [5, 5.41) is 0. The molecule has 0 amide bonds. The van der Waals surface area contributed by atoms with Crippen LogP contribution in [0.5, 0.6) is 0 Å². The van der Waals surface area contributed by atoms with Gasteiger partial charge in [0.15, 0.2) is 0 Å².